The van der Waals surface area contributed by atoms with E-state index in [2.05, 4.69) is 25.1 Å². The molecule has 0 N–H and O–H groups in total. The molecule has 0 bridgehead atoms. The molecule has 0 aliphatic carbocycles. The van der Waals surface area contributed by atoms with Gasteiger partial charge in [-0.25, -0.2) is 4.68 Å². The second-order valence-electron chi connectivity index (χ2n) is 6.08. The van der Waals surface area contributed by atoms with Gasteiger partial charge in [-0.3, -0.25) is 14.7 Å². The molecular formula is C17H18N6O2. The van der Waals surface area contributed by atoms with Crippen molar-refractivity contribution in [2.24, 2.45) is 0 Å². The van der Waals surface area contributed by atoms with Gasteiger partial charge in [0.15, 0.2) is 6.33 Å². The average molecular weight is 338 g/mol. The molecule has 1 unspecified atom stereocenters. The van der Waals surface area contributed by atoms with E-state index in [4.69, 9.17) is 4.52 Å². The number of nitrogens with zero attached hydrogens (tertiary/aromatic N) is 6. The molecule has 0 amide bonds. The molecule has 8 heteroatoms. The molecule has 3 aromatic heterocycles. The fraction of sp³-hybridized carbons (Fsp3) is 0.353. The maximum atomic E-state index is 12.2. The van der Waals surface area contributed by atoms with Crippen molar-refractivity contribution in [2.75, 3.05) is 6.54 Å². The van der Waals surface area contributed by atoms with Crippen LogP contribution in [0.3, 0.4) is 0 Å². The van der Waals surface area contributed by atoms with Crippen LogP contribution in [0.4, 0.5) is 0 Å². The third kappa shape index (κ3) is 3.48. The topological polar surface area (TPSA) is 89.9 Å². The molecule has 3 aromatic rings. The summed E-state index contributed by atoms with van der Waals surface area (Å²) in [5.41, 5.74) is 1.54. The Bertz CT molecular complexity index is 878. The lowest BCUT2D eigenvalue weighted by atomic mass is 10.2. The summed E-state index contributed by atoms with van der Waals surface area (Å²) in [5.74, 6) is 0.594. The number of pyridine rings is 1. The molecule has 4 heterocycles. The largest absolute Gasteiger partial charge is 0.338 e. The Morgan fingerprint density at radius 1 is 1.28 bits per heavy atom. The van der Waals surface area contributed by atoms with E-state index in [0.717, 1.165) is 30.6 Å². The van der Waals surface area contributed by atoms with Crippen molar-refractivity contribution in [3.8, 4) is 11.3 Å². The van der Waals surface area contributed by atoms with E-state index in [0.29, 0.717) is 19.0 Å². The summed E-state index contributed by atoms with van der Waals surface area (Å²) in [6, 6.07) is 7.31. The summed E-state index contributed by atoms with van der Waals surface area (Å²) in [5, 5.41) is 8.17. The van der Waals surface area contributed by atoms with Crippen LogP contribution in [0.5, 0.6) is 0 Å². The quantitative estimate of drug-likeness (QED) is 0.693. The minimum Gasteiger partial charge on any atom is -0.338 e. The smallest absolute Gasteiger partial charge is 0.266 e. The van der Waals surface area contributed by atoms with Crippen molar-refractivity contribution in [1.82, 2.24) is 29.8 Å². The van der Waals surface area contributed by atoms with Gasteiger partial charge >= 0.3 is 0 Å². The Morgan fingerprint density at radius 3 is 3.04 bits per heavy atom. The highest BCUT2D eigenvalue weighted by molar-refractivity contribution is 5.56. The normalized spacial score (nSPS) is 17.8. The van der Waals surface area contributed by atoms with Crippen LogP contribution in [0.1, 0.15) is 18.7 Å². The highest BCUT2D eigenvalue weighted by Crippen LogP contribution is 2.21. The zero-order valence-corrected chi connectivity index (χ0v) is 13.7. The zero-order valence-electron chi connectivity index (χ0n) is 13.7. The Hall–Kier alpha value is -2.87. The first-order valence-electron chi connectivity index (χ1n) is 8.28. The molecule has 1 fully saturated rings. The highest BCUT2D eigenvalue weighted by Gasteiger charge is 2.27. The predicted molar refractivity (Wildman–Crippen MR) is 89.5 cm³/mol. The van der Waals surface area contributed by atoms with E-state index in [1.54, 1.807) is 29.2 Å². The minimum absolute atomic E-state index is 0.0997. The van der Waals surface area contributed by atoms with Crippen LogP contribution < -0.4 is 5.56 Å². The van der Waals surface area contributed by atoms with Crippen LogP contribution in [-0.4, -0.2) is 42.4 Å². The molecule has 0 saturated carbocycles. The Balaban J connectivity index is 1.54. The van der Waals surface area contributed by atoms with E-state index in [-0.39, 0.29) is 11.6 Å². The Morgan fingerprint density at radius 2 is 2.24 bits per heavy atom. The zero-order chi connectivity index (χ0) is 17.1. The molecular weight excluding hydrogens is 320 g/mol. The monoisotopic (exact) mass is 338 g/mol. The van der Waals surface area contributed by atoms with Gasteiger partial charge in [-0.05, 0) is 37.6 Å². The molecule has 128 valence electrons. The van der Waals surface area contributed by atoms with Gasteiger partial charge in [0, 0.05) is 30.1 Å². The standard InChI is InChI=1S/C17H18N6O2/c24-17-6-5-15(13-3-1-7-18-9-13)21-23(17)10-14-4-2-8-22(14)11-16-19-12-20-25-16/h1,3,5-7,9,12,14H,2,4,8,10-11H2. The minimum atomic E-state index is -0.0997. The fourth-order valence-corrected chi connectivity index (χ4v) is 3.20. The van der Waals surface area contributed by atoms with Crippen LogP contribution in [0.2, 0.25) is 0 Å². The van der Waals surface area contributed by atoms with Crippen LogP contribution in [0.15, 0.2) is 52.3 Å². The van der Waals surface area contributed by atoms with Crippen LogP contribution in [0, 0.1) is 0 Å². The summed E-state index contributed by atoms with van der Waals surface area (Å²) in [7, 11) is 0. The molecule has 1 atom stereocenters. The second kappa shape index (κ2) is 6.94. The summed E-state index contributed by atoms with van der Waals surface area (Å²) in [6.07, 6.45) is 6.96. The lowest BCUT2D eigenvalue weighted by Gasteiger charge is -2.23. The van der Waals surface area contributed by atoms with Crippen LogP contribution in [-0.2, 0) is 13.1 Å². The molecule has 1 saturated heterocycles. The van der Waals surface area contributed by atoms with Gasteiger partial charge < -0.3 is 4.52 Å². The predicted octanol–water partition coefficient (Wildman–Crippen LogP) is 1.35. The lowest BCUT2D eigenvalue weighted by molar-refractivity contribution is 0.190. The highest BCUT2D eigenvalue weighted by atomic mass is 16.5. The van der Waals surface area contributed by atoms with Crippen molar-refractivity contribution < 1.29 is 4.52 Å². The third-order valence-electron chi connectivity index (χ3n) is 4.45. The third-order valence-corrected chi connectivity index (χ3v) is 4.45. The van der Waals surface area contributed by atoms with Crippen LogP contribution >= 0.6 is 0 Å². The summed E-state index contributed by atoms with van der Waals surface area (Å²) in [6.45, 7) is 2.09. The molecule has 0 radical (unpaired) electrons. The second-order valence-corrected chi connectivity index (χ2v) is 6.08. The van der Waals surface area contributed by atoms with Crippen molar-refractivity contribution in [1.29, 1.82) is 0 Å². The van der Waals surface area contributed by atoms with Gasteiger partial charge in [0.1, 0.15) is 0 Å². The fourth-order valence-electron chi connectivity index (χ4n) is 3.20. The maximum Gasteiger partial charge on any atom is 0.266 e. The molecule has 1 aliphatic rings. The Kier molecular flexibility index (Phi) is 4.34. The van der Waals surface area contributed by atoms with Gasteiger partial charge in [0.2, 0.25) is 5.89 Å². The molecule has 1 aliphatic heterocycles. The Labute approximate surface area is 144 Å². The first-order valence-corrected chi connectivity index (χ1v) is 8.28. The molecule has 0 spiro atoms. The SMILES string of the molecule is O=c1ccc(-c2cccnc2)nn1CC1CCCN1Cc1ncno1. The lowest BCUT2D eigenvalue weighted by Crippen LogP contribution is -2.36. The number of hydrogen-bond acceptors (Lipinski definition) is 7. The summed E-state index contributed by atoms with van der Waals surface area (Å²) in [4.78, 5) is 22.7. The van der Waals surface area contributed by atoms with E-state index < -0.39 is 0 Å². The van der Waals surface area contributed by atoms with Crippen molar-refractivity contribution in [3.05, 3.63) is 59.2 Å². The van der Waals surface area contributed by atoms with Crippen molar-refractivity contribution in [2.45, 2.75) is 32.0 Å². The van der Waals surface area contributed by atoms with E-state index >= 15 is 0 Å². The average Bonchev–Trinajstić information content (AvgIpc) is 3.31. The molecule has 8 nitrogen and oxygen atoms in total. The summed E-state index contributed by atoms with van der Waals surface area (Å²) >= 11 is 0. The van der Waals surface area contributed by atoms with E-state index in [1.807, 2.05) is 12.1 Å². The van der Waals surface area contributed by atoms with E-state index in [1.165, 1.54) is 6.33 Å². The molecule has 25 heavy (non-hydrogen) atoms. The maximum absolute atomic E-state index is 12.2. The first-order chi connectivity index (χ1) is 12.3. The first kappa shape index (κ1) is 15.6. The number of aromatic nitrogens is 5. The van der Waals surface area contributed by atoms with Gasteiger partial charge in [0.25, 0.3) is 5.56 Å². The number of hydrogen-bond donors (Lipinski definition) is 0. The van der Waals surface area contributed by atoms with Gasteiger partial charge in [-0.15, -0.1) is 0 Å². The van der Waals surface area contributed by atoms with Gasteiger partial charge in [-0.2, -0.15) is 10.1 Å². The summed E-state index contributed by atoms with van der Waals surface area (Å²) < 4.78 is 6.64. The number of likely N-dealkylation sites (tertiary alicyclic amines) is 1. The van der Waals surface area contributed by atoms with Crippen molar-refractivity contribution >= 4 is 0 Å². The van der Waals surface area contributed by atoms with Gasteiger partial charge in [0.05, 0.1) is 18.8 Å². The number of rotatable bonds is 5. The molecule has 4 rings (SSSR count). The van der Waals surface area contributed by atoms with Crippen molar-refractivity contribution in [3.63, 3.8) is 0 Å². The molecule has 0 aromatic carbocycles. The van der Waals surface area contributed by atoms with Gasteiger partial charge in [-0.1, -0.05) is 5.16 Å². The van der Waals surface area contributed by atoms with Crippen LogP contribution in [0.25, 0.3) is 11.3 Å². The van der Waals surface area contributed by atoms with E-state index in [9.17, 15) is 4.79 Å².